The number of aliphatic hydroxyl groups is 1. The van der Waals surface area contributed by atoms with Gasteiger partial charge in [0.05, 0.1) is 6.10 Å². The summed E-state index contributed by atoms with van der Waals surface area (Å²) in [6, 6.07) is 1.75. The fraction of sp³-hybridized carbons (Fsp3) is 0.400. The van der Waals surface area contributed by atoms with Crippen LogP contribution in [0.5, 0.6) is 0 Å². The Hall–Kier alpha value is -1.63. The Labute approximate surface area is 94.7 Å². The number of nitrogens with zero attached hydrogens (tertiary/aromatic N) is 1. The molecule has 1 unspecified atom stereocenters. The van der Waals surface area contributed by atoms with E-state index < -0.39 is 29.6 Å². The minimum Gasteiger partial charge on any atom is -0.477 e. The van der Waals surface area contributed by atoms with Gasteiger partial charge in [0.25, 0.3) is 0 Å². The molecule has 1 atom stereocenters. The minimum atomic E-state index is -4.71. The van der Waals surface area contributed by atoms with Crippen LogP contribution in [0.25, 0.3) is 0 Å². The number of hydrogen-bond donors (Lipinski definition) is 2. The summed E-state index contributed by atoms with van der Waals surface area (Å²) >= 11 is 0. The highest BCUT2D eigenvalue weighted by Crippen LogP contribution is 2.28. The number of aliphatic hydroxyl groups excluding tert-OH is 1. The third-order valence-corrected chi connectivity index (χ3v) is 1.93. The maximum absolute atomic E-state index is 12.4. The van der Waals surface area contributed by atoms with Crippen molar-refractivity contribution in [3.8, 4) is 0 Å². The van der Waals surface area contributed by atoms with E-state index in [1.54, 1.807) is 0 Å². The van der Waals surface area contributed by atoms with Crippen LogP contribution in [0.4, 0.5) is 13.2 Å². The largest absolute Gasteiger partial charge is 0.477 e. The number of alkyl halides is 3. The van der Waals surface area contributed by atoms with Crippen molar-refractivity contribution in [3.63, 3.8) is 0 Å². The molecule has 0 saturated carbocycles. The maximum atomic E-state index is 12.4. The summed E-state index contributed by atoms with van der Waals surface area (Å²) in [5.74, 6) is -1.54. The molecule has 94 valence electrons. The van der Waals surface area contributed by atoms with Crippen molar-refractivity contribution in [2.75, 3.05) is 0 Å². The van der Waals surface area contributed by atoms with Crippen molar-refractivity contribution >= 4 is 5.97 Å². The molecule has 0 aromatic carbocycles. The van der Waals surface area contributed by atoms with Gasteiger partial charge in [-0.25, -0.2) is 9.78 Å². The quantitative estimate of drug-likeness (QED) is 0.855. The van der Waals surface area contributed by atoms with E-state index in [-0.39, 0.29) is 12.0 Å². The van der Waals surface area contributed by atoms with Gasteiger partial charge >= 0.3 is 12.1 Å². The molecular weight excluding hydrogens is 239 g/mol. The lowest BCUT2D eigenvalue weighted by Crippen LogP contribution is -2.14. The van der Waals surface area contributed by atoms with E-state index in [1.165, 1.54) is 6.92 Å². The molecule has 0 aliphatic heterocycles. The Balaban J connectivity index is 3.24. The maximum Gasteiger partial charge on any atom is 0.433 e. The summed E-state index contributed by atoms with van der Waals surface area (Å²) in [5.41, 5.74) is -1.87. The summed E-state index contributed by atoms with van der Waals surface area (Å²) in [6.07, 6.45) is -5.63. The van der Waals surface area contributed by atoms with Crippen LogP contribution >= 0.6 is 0 Å². The number of pyridine rings is 1. The molecule has 17 heavy (non-hydrogen) atoms. The number of hydrogen-bond acceptors (Lipinski definition) is 3. The predicted octanol–water partition coefficient (Wildman–Crippen LogP) is 1.72. The van der Waals surface area contributed by atoms with E-state index in [0.717, 1.165) is 12.1 Å². The second kappa shape index (κ2) is 4.70. The zero-order valence-electron chi connectivity index (χ0n) is 8.82. The van der Waals surface area contributed by atoms with E-state index in [4.69, 9.17) is 10.2 Å². The number of carboxylic acids is 1. The van der Waals surface area contributed by atoms with E-state index in [9.17, 15) is 18.0 Å². The normalized spacial score (nSPS) is 13.5. The van der Waals surface area contributed by atoms with Crippen LogP contribution in [-0.2, 0) is 12.6 Å². The molecule has 7 heteroatoms. The third kappa shape index (κ3) is 3.70. The molecular formula is C10H10F3NO3. The first-order chi connectivity index (χ1) is 7.70. The predicted molar refractivity (Wildman–Crippen MR) is 51.6 cm³/mol. The second-order valence-corrected chi connectivity index (χ2v) is 3.60. The van der Waals surface area contributed by atoms with Gasteiger partial charge in [-0.1, -0.05) is 0 Å². The van der Waals surface area contributed by atoms with Gasteiger partial charge in [-0.2, -0.15) is 13.2 Å². The summed E-state index contributed by atoms with van der Waals surface area (Å²) in [4.78, 5) is 13.6. The molecule has 1 heterocycles. The monoisotopic (exact) mass is 249 g/mol. The molecule has 0 radical (unpaired) electrons. The van der Waals surface area contributed by atoms with Gasteiger partial charge in [-0.15, -0.1) is 0 Å². The number of aromatic nitrogens is 1. The molecule has 0 bridgehead atoms. The highest BCUT2D eigenvalue weighted by molar-refractivity contribution is 5.85. The topological polar surface area (TPSA) is 70.4 Å². The molecule has 0 saturated heterocycles. The lowest BCUT2D eigenvalue weighted by Gasteiger charge is -2.10. The van der Waals surface area contributed by atoms with Crippen molar-refractivity contribution in [1.29, 1.82) is 0 Å². The molecule has 0 aliphatic rings. The Morgan fingerprint density at radius 3 is 2.47 bits per heavy atom. The SMILES string of the molecule is CC(O)Cc1cc(C(=O)O)nc(C(F)(F)F)c1. The Kier molecular flexibility index (Phi) is 3.72. The van der Waals surface area contributed by atoms with E-state index in [0.29, 0.717) is 0 Å². The number of halogens is 3. The average molecular weight is 249 g/mol. The zero-order chi connectivity index (χ0) is 13.2. The highest BCUT2D eigenvalue weighted by atomic mass is 19.4. The first-order valence-corrected chi connectivity index (χ1v) is 4.69. The van der Waals surface area contributed by atoms with Crippen LogP contribution in [0.1, 0.15) is 28.7 Å². The Morgan fingerprint density at radius 2 is 2.06 bits per heavy atom. The van der Waals surface area contributed by atoms with Crippen molar-refractivity contribution in [1.82, 2.24) is 4.98 Å². The Morgan fingerprint density at radius 1 is 1.47 bits per heavy atom. The molecule has 1 aromatic rings. The van der Waals surface area contributed by atoms with Crippen LogP contribution in [0.3, 0.4) is 0 Å². The van der Waals surface area contributed by atoms with E-state index in [2.05, 4.69) is 4.98 Å². The number of aromatic carboxylic acids is 1. The third-order valence-electron chi connectivity index (χ3n) is 1.93. The molecule has 4 nitrogen and oxygen atoms in total. The van der Waals surface area contributed by atoms with Crippen LogP contribution in [0, 0.1) is 0 Å². The first-order valence-electron chi connectivity index (χ1n) is 4.69. The Bertz CT molecular complexity index is 429. The second-order valence-electron chi connectivity index (χ2n) is 3.60. The lowest BCUT2D eigenvalue weighted by atomic mass is 10.1. The first kappa shape index (κ1) is 13.4. The average Bonchev–Trinajstić information content (AvgIpc) is 2.14. The summed E-state index contributed by atoms with van der Waals surface area (Å²) < 4.78 is 37.3. The number of carbonyl (C=O) groups is 1. The minimum absolute atomic E-state index is 0.0636. The van der Waals surface area contributed by atoms with Gasteiger partial charge in [0.2, 0.25) is 0 Å². The molecule has 0 aliphatic carbocycles. The summed E-state index contributed by atoms with van der Waals surface area (Å²) in [6.45, 7) is 1.40. The van der Waals surface area contributed by atoms with Gasteiger partial charge in [0, 0.05) is 0 Å². The lowest BCUT2D eigenvalue weighted by molar-refractivity contribution is -0.141. The summed E-state index contributed by atoms with van der Waals surface area (Å²) in [7, 11) is 0. The van der Waals surface area contributed by atoms with Crippen LogP contribution in [0.15, 0.2) is 12.1 Å². The van der Waals surface area contributed by atoms with Crippen molar-refractivity contribution < 1.29 is 28.2 Å². The van der Waals surface area contributed by atoms with Crippen LogP contribution < -0.4 is 0 Å². The molecule has 0 spiro atoms. The van der Waals surface area contributed by atoms with Crippen molar-refractivity contribution in [2.24, 2.45) is 0 Å². The van der Waals surface area contributed by atoms with Gasteiger partial charge in [0.15, 0.2) is 0 Å². The fourth-order valence-electron chi connectivity index (χ4n) is 1.30. The smallest absolute Gasteiger partial charge is 0.433 e. The van der Waals surface area contributed by atoms with Crippen LogP contribution in [0.2, 0.25) is 0 Å². The standard InChI is InChI=1S/C10H10F3NO3/c1-5(15)2-6-3-7(9(16)17)14-8(4-6)10(11,12)13/h3-5,15H,2H2,1H3,(H,16,17). The van der Waals surface area contributed by atoms with Gasteiger partial charge in [0.1, 0.15) is 11.4 Å². The number of carboxylic acid groups (broad SMARTS) is 1. The zero-order valence-corrected chi connectivity index (χ0v) is 8.82. The molecule has 1 rings (SSSR count). The van der Waals surface area contributed by atoms with Crippen molar-refractivity contribution in [2.45, 2.75) is 25.6 Å². The summed E-state index contributed by atoms with van der Waals surface area (Å²) in [5, 5.41) is 17.7. The fourth-order valence-corrected chi connectivity index (χ4v) is 1.30. The highest BCUT2D eigenvalue weighted by Gasteiger charge is 2.33. The van der Waals surface area contributed by atoms with Crippen molar-refractivity contribution in [3.05, 3.63) is 29.1 Å². The van der Waals surface area contributed by atoms with E-state index in [1.807, 2.05) is 0 Å². The number of rotatable bonds is 3. The van der Waals surface area contributed by atoms with Crippen LogP contribution in [-0.4, -0.2) is 27.3 Å². The van der Waals surface area contributed by atoms with Gasteiger partial charge in [-0.3, -0.25) is 0 Å². The molecule has 1 aromatic heterocycles. The molecule has 0 fully saturated rings. The van der Waals surface area contributed by atoms with Gasteiger partial charge in [-0.05, 0) is 31.0 Å². The molecule has 0 amide bonds. The molecule has 2 N–H and O–H groups in total. The van der Waals surface area contributed by atoms with E-state index >= 15 is 0 Å². The van der Waals surface area contributed by atoms with Gasteiger partial charge < -0.3 is 10.2 Å².